The predicted octanol–water partition coefficient (Wildman–Crippen LogP) is 4.78. The largest absolute Gasteiger partial charge is 0.254 e. The summed E-state index contributed by atoms with van der Waals surface area (Å²) < 4.78 is 15.0. The van der Waals surface area contributed by atoms with Crippen LogP contribution in [0, 0.1) is 0 Å². The summed E-state index contributed by atoms with van der Waals surface area (Å²) in [5.41, 5.74) is 2.25. The summed E-state index contributed by atoms with van der Waals surface area (Å²) in [5.74, 6) is 0. The smallest absolute Gasteiger partial charge is 0.137 e. The molecule has 0 saturated heterocycles. The van der Waals surface area contributed by atoms with Gasteiger partial charge in [-0.25, -0.2) is 4.98 Å². The maximum Gasteiger partial charge on any atom is 0.137 e. The quantitative estimate of drug-likeness (QED) is 0.633. The van der Waals surface area contributed by atoms with Gasteiger partial charge in [-0.1, -0.05) is 56.6 Å². The van der Waals surface area contributed by atoms with Gasteiger partial charge in [0.25, 0.3) is 0 Å². The lowest BCUT2D eigenvalue weighted by atomic mass is 9.87. The Hall–Kier alpha value is -1.98. The molecule has 1 heterocycles. The van der Waals surface area contributed by atoms with Crippen LogP contribution in [0.3, 0.4) is 0 Å². The summed E-state index contributed by atoms with van der Waals surface area (Å²) in [6.45, 7) is 6.98. The molecule has 0 aliphatic rings. The molecule has 0 aliphatic carbocycles. The zero-order chi connectivity index (χ0) is 18.7. The number of hydrogen-bond acceptors (Lipinski definition) is 3. The molecule has 0 spiro atoms. The third-order valence-electron chi connectivity index (χ3n) is 4.27. The van der Waals surface area contributed by atoms with E-state index in [4.69, 9.17) is 11.6 Å². The van der Waals surface area contributed by atoms with Crippen LogP contribution in [0.15, 0.2) is 66.1 Å². The van der Waals surface area contributed by atoms with Crippen LogP contribution in [0.2, 0.25) is 5.02 Å². The Morgan fingerprint density at radius 2 is 1.73 bits per heavy atom. The van der Waals surface area contributed by atoms with Crippen LogP contribution in [0.4, 0.5) is 0 Å². The highest BCUT2D eigenvalue weighted by atomic mass is 35.5. The van der Waals surface area contributed by atoms with Gasteiger partial charge in [-0.2, -0.15) is 5.10 Å². The molecule has 1 aromatic heterocycles. The number of benzene rings is 2. The highest BCUT2D eigenvalue weighted by Crippen LogP contribution is 2.30. The molecule has 3 aromatic rings. The Morgan fingerprint density at radius 1 is 1.08 bits per heavy atom. The second-order valence-electron chi connectivity index (χ2n) is 7.23. The maximum absolute atomic E-state index is 13.3. The van der Waals surface area contributed by atoms with Gasteiger partial charge in [0, 0.05) is 9.92 Å². The monoisotopic (exact) mass is 387 g/mol. The second kappa shape index (κ2) is 7.72. The molecular formula is C20H22ClN3OS. The summed E-state index contributed by atoms with van der Waals surface area (Å²) in [6.07, 6.45) is 3.13. The molecule has 2 unspecified atom stereocenters. The first-order chi connectivity index (χ1) is 12.3. The first kappa shape index (κ1) is 18.8. The third-order valence-corrected chi connectivity index (χ3v) is 6.20. The number of aromatic nitrogens is 3. The van der Waals surface area contributed by atoms with E-state index >= 15 is 0 Å². The SMILES string of the molecule is CC(C)(C)c1ccc(S(=O)C(Cn2cncn2)c2ccc(Cl)cc2)cc1. The van der Waals surface area contributed by atoms with Crippen molar-refractivity contribution in [2.75, 3.05) is 0 Å². The Labute approximate surface area is 161 Å². The molecule has 2 aromatic carbocycles. The molecule has 4 nitrogen and oxygen atoms in total. The van der Waals surface area contributed by atoms with E-state index in [1.165, 1.54) is 11.9 Å². The topological polar surface area (TPSA) is 47.8 Å². The fourth-order valence-corrected chi connectivity index (χ4v) is 4.28. The van der Waals surface area contributed by atoms with Crippen LogP contribution < -0.4 is 0 Å². The Balaban J connectivity index is 1.92. The molecular weight excluding hydrogens is 366 g/mol. The highest BCUT2D eigenvalue weighted by molar-refractivity contribution is 7.85. The molecule has 2 atom stereocenters. The van der Waals surface area contributed by atoms with Gasteiger partial charge in [0.1, 0.15) is 12.7 Å². The Kier molecular flexibility index (Phi) is 5.58. The zero-order valence-electron chi connectivity index (χ0n) is 15.1. The average Bonchev–Trinajstić information content (AvgIpc) is 3.13. The Bertz CT molecular complexity index is 869. The van der Waals surface area contributed by atoms with E-state index in [9.17, 15) is 4.21 Å². The van der Waals surface area contributed by atoms with Crippen molar-refractivity contribution in [2.45, 2.75) is 42.9 Å². The van der Waals surface area contributed by atoms with E-state index in [2.05, 4.69) is 43.0 Å². The number of nitrogens with zero attached hydrogens (tertiary/aromatic N) is 3. The highest BCUT2D eigenvalue weighted by Gasteiger charge is 2.22. The summed E-state index contributed by atoms with van der Waals surface area (Å²) >= 11 is 6.01. The molecule has 0 amide bonds. The van der Waals surface area contributed by atoms with Crippen molar-refractivity contribution in [1.29, 1.82) is 0 Å². The second-order valence-corrected chi connectivity index (χ2v) is 9.30. The van der Waals surface area contributed by atoms with Crippen LogP contribution >= 0.6 is 11.6 Å². The van der Waals surface area contributed by atoms with Crippen molar-refractivity contribution >= 4 is 22.4 Å². The van der Waals surface area contributed by atoms with Gasteiger partial charge in [0.15, 0.2) is 0 Å². The molecule has 0 fully saturated rings. The normalized spacial score (nSPS) is 14.2. The molecule has 0 radical (unpaired) electrons. The standard InChI is InChI=1S/C20H22ClN3OS/c1-20(2,3)16-6-10-18(11-7-16)26(25)19(12-24-14-22-13-23-24)15-4-8-17(21)9-5-15/h4-11,13-14,19H,12H2,1-3H3. The predicted molar refractivity (Wildman–Crippen MR) is 106 cm³/mol. The van der Waals surface area contributed by atoms with Crippen molar-refractivity contribution in [3.8, 4) is 0 Å². The fraction of sp³-hybridized carbons (Fsp3) is 0.300. The molecule has 26 heavy (non-hydrogen) atoms. The van der Waals surface area contributed by atoms with E-state index < -0.39 is 10.8 Å². The maximum atomic E-state index is 13.3. The molecule has 0 N–H and O–H groups in total. The third kappa shape index (κ3) is 4.40. The summed E-state index contributed by atoms with van der Waals surface area (Å²) in [5, 5.41) is 4.59. The van der Waals surface area contributed by atoms with Gasteiger partial charge in [-0.3, -0.25) is 8.89 Å². The van der Waals surface area contributed by atoms with E-state index in [-0.39, 0.29) is 10.7 Å². The van der Waals surface area contributed by atoms with Crippen LogP contribution in [0.25, 0.3) is 0 Å². The molecule has 0 aliphatic heterocycles. The van der Waals surface area contributed by atoms with Crippen LogP contribution in [-0.4, -0.2) is 19.0 Å². The van der Waals surface area contributed by atoms with Crippen molar-refractivity contribution in [1.82, 2.24) is 14.8 Å². The van der Waals surface area contributed by atoms with Gasteiger partial charge in [-0.05, 0) is 40.8 Å². The average molecular weight is 388 g/mol. The van der Waals surface area contributed by atoms with Crippen LogP contribution in [0.1, 0.15) is 37.1 Å². The minimum atomic E-state index is -1.23. The van der Waals surface area contributed by atoms with Gasteiger partial charge in [-0.15, -0.1) is 0 Å². The fourth-order valence-electron chi connectivity index (χ4n) is 2.72. The van der Waals surface area contributed by atoms with Crippen molar-refractivity contribution in [3.05, 3.63) is 77.3 Å². The molecule has 6 heteroatoms. The lowest BCUT2D eigenvalue weighted by molar-refractivity contribution is 0.584. The first-order valence-corrected chi connectivity index (χ1v) is 10.0. The number of hydrogen-bond donors (Lipinski definition) is 0. The first-order valence-electron chi connectivity index (χ1n) is 8.43. The van der Waals surface area contributed by atoms with E-state index in [1.54, 1.807) is 11.0 Å². The summed E-state index contributed by atoms with van der Waals surface area (Å²) in [6, 6.07) is 15.5. The molecule has 3 rings (SSSR count). The lowest BCUT2D eigenvalue weighted by Crippen LogP contribution is -2.16. The minimum absolute atomic E-state index is 0.0658. The van der Waals surface area contributed by atoms with Gasteiger partial charge >= 0.3 is 0 Å². The van der Waals surface area contributed by atoms with Crippen LogP contribution in [0.5, 0.6) is 0 Å². The van der Waals surface area contributed by atoms with E-state index in [0.29, 0.717) is 11.6 Å². The van der Waals surface area contributed by atoms with Crippen molar-refractivity contribution in [2.24, 2.45) is 0 Å². The molecule has 136 valence electrons. The van der Waals surface area contributed by atoms with Crippen LogP contribution in [-0.2, 0) is 22.8 Å². The molecule has 0 bridgehead atoms. The minimum Gasteiger partial charge on any atom is -0.254 e. The van der Waals surface area contributed by atoms with Crippen molar-refractivity contribution < 1.29 is 4.21 Å². The Morgan fingerprint density at radius 3 is 2.27 bits per heavy atom. The molecule has 0 saturated carbocycles. The summed E-state index contributed by atoms with van der Waals surface area (Å²) in [4.78, 5) is 4.79. The van der Waals surface area contributed by atoms with Gasteiger partial charge in [0.05, 0.1) is 22.6 Å². The number of rotatable bonds is 5. The van der Waals surface area contributed by atoms with Gasteiger partial charge < -0.3 is 0 Å². The van der Waals surface area contributed by atoms with Gasteiger partial charge in [0.2, 0.25) is 0 Å². The van der Waals surface area contributed by atoms with E-state index in [1.807, 2.05) is 36.4 Å². The zero-order valence-corrected chi connectivity index (χ0v) is 16.7. The summed E-state index contributed by atoms with van der Waals surface area (Å²) in [7, 11) is -1.23. The number of halogens is 1. The lowest BCUT2D eigenvalue weighted by Gasteiger charge is -2.20. The van der Waals surface area contributed by atoms with E-state index in [0.717, 1.165) is 10.5 Å². The van der Waals surface area contributed by atoms with Crippen molar-refractivity contribution in [3.63, 3.8) is 0 Å².